The highest BCUT2D eigenvalue weighted by molar-refractivity contribution is 5.76. The Kier molecular flexibility index (Phi) is 5.80. The number of hydrogen-bond donors (Lipinski definition) is 1. The second-order valence-electron chi connectivity index (χ2n) is 7.21. The van der Waals surface area contributed by atoms with Gasteiger partial charge in [-0.1, -0.05) is 30.3 Å². The van der Waals surface area contributed by atoms with Gasteiger partial charge in [0.1, 0.15) is 5.82 Å². The fraction of sp³-hybridized carbons (Fsp3) is 0.429. The van der Waals surface area contributed by atoms with E-state index in [1.54, 1.807) is 4.52 Å². The molecule has 0 atom stereocenters. The van der Waals surface area contributed by atoms with Gasteiger partial charge in [0, 0.05) is 32.5 Å². The van der Waals surface area contributed by atoms with Gasteiger partial charge in [-0.2, -0.15) is 4.52 Å². The van der Waals surface area contributed by atoms with Crippen molar-refractivity contribution in [2.75, 3.05) is 25.0 Å². The van der Waals surface area contributed by atoms with E-state index in [2.05, 4.69) is 32.7 Å². The van der Waals surface area contributed by atoms with Crippen LogP contribution in [0.15, 0.2) is 42.5 Å². The molecular weight excluding hydrogens is 352 g/mol. The monoisotopic (exact) mass is 378 g/mol. The van der Waals surface area contributed by atoms with Crippen molar-refractivity contribution in [2.45, 2.75) is 38.5 Å². The molecule has 1 amide bonds. The third-order valence-electron chi connectivity index (χ3n) is 5.16. The molecule has 3 heterocycles. The Labute approximate surface area is 164 Å². The number of anilines is 1. The Bertz CT molecular complexity index is 917. The first-order valence-electron chi connectivity index (χ1n) is 10.1. The highest BCUT2D eigenvalue weighted by atomic mass is 16.2. The van der Waals surface area contributed by atoms with Crippen molar-refractivity contribution in [1.82, 2.24) is 24.7 Å². The van der Waals surface area contributed by atoms with Crippen LogP contribution in [-0.4, -0.2) is 50.3 Å². The molecule has 0 radical (unpaired) electrons. The average Bonchev–Trinajstić information content (AvgIpc) is 3.16. The zero-order valence-electron chi connectivity index (χ0n) is 16.0. The van der Waals surface area contributed by atoms with E-state index in [1.807, 2.05) is 35.2 Å². The molecule has 1 fully saturated rings. The van der Waals surface area contributed by atoms with Crippen LogP contribution in [0.3, 0.4) is 0 Å². The number of nitrogens with zero attached hydrogens (tertiary/aromatic N) is 5. The van der Waals surface area contributed by atoms with E-state index in [9.17, 15) is 4.79 Å². The van der Waals surface area contributed by atoms with Crippen molar-refractivity contribution in [2.24, 2.45) is 0 Å². The van der Waals surface area contributed by atoms with Crippen LogP contribution in [0.25, 0.3) is 5.65 Å². The van der Waals surface area contributed by atoms with Gasteiger partial charge in [-0.3, -0.25) is 4.79 Å². The summed E-state index contributed by atoms with van der Waals surface area (Å²) in [5, 5.41) is 16.4. The Morgan fingerprint density at radius 1 is 0.964 bits per heavy atom. The number of aromatic nitrogens is 4. The summed E-state index contributed by atoms with van der Waals surface area (Å²) in [5.74, 6) is 1.72. The summed E-state index contributed by atoms with van der Waals surface area (Å²) >= 11 is 0. The van der Waals surface area contributed by atoms with Gasteiger partial charge in [0.2, 0.25) is 5.91 Å². The van der Waals surface area contributed by atoms with Crippen LogP contribution in [0.4, 0.5) is 5.82 Å². The molecule has 1 aromatic carbocycles. The molecule has 1 N–H and O–H groups in total. The number of hydrogen-bond acceptors (Lipinski definition) is 5. The third-order valence-corrected chi connectivity index (χ3v) is 5.16. The van der Waals surface area contributed by atoms with Gasteiger partial charge in [-0.05, 0) is 43.4 Å². The zero-order chi connectivity index (χ0) is 19.2. The summed E-state index contributed by atoms with van der Waals surface area (Å²) < 4.78 is 1.74. The first kappa shape index (κ1) is 18.4. The first-order valence-corrected chi connectivity index (χ1v) is 10.1. The van der Waals surface area contributed by atoms with E-state index in [0.29, 0.717) is 18.5 Å². The molecule has 7 nitrogen and oxygen atoms in total. The van der Waals surface area contributed by atoms with Crippen LogP contribution in [0, 0.1) is 0 Å². The Hall–Kier alpha value is -2.96. The summed E-state index contributed by atoms with van der Waals surface area (Å²) in [6.07, 6.45) is 5.38. The molecule has 146 valence electrons. The number of likely N-dealkylation sites (tertiary alicyclic amines) is 1. The van der Waals surface area contributed by atoms with E-state index in [-0.39, 0.29) is 5.91 Å². The Morgan fingerprint density at radius 3 is 2.61 bits per heavy atom. The molecule has 0 saturated carbocycles. The van der Waals surface area contributed by atoms with Gasteiger partial charge in [-0.15, -0.1) is 15.3 Å². The molecule has 1 aliphatic rings. The quantitative estimate of drug-likeness (QED) is 0.684. The topological polar surface area (TPSA) is 75.4 Å². The maximum atomic E-state index is 12.4. The number of piperidine rings is 1. The molecule has 0 aliphatic carbocycles. The minimum Gasteiger partial charge on any atom is -0.368 e. The Morgan fingerprint density at radius 2 is 1.79 bits per heavy atom. The lowest BCUT2D eigenvalue weighted by atomic mass is 10.1. The maximum Gasteiger partial charge on any atom is 0.223 e. The van der Waals surface area contributed by atoms with Gasteiger partial charge in [-0.25, -0.2) is 0 Å². The van der Waals surface area contributed by atoms with E-state index >= 15 is 0 Å². The second-order valence-corrected chi connectivity index (χ2v) is 7.21. The molecule has 0 spiro atoms. The van der Waals surface area contributed by atoms with Crippen molar-refractivity contribution >= 4 is 17.4 Å². The molecular formula is C21H26N6O. The van der Waals surface area contributed by atoms with E-state index < -0.39 is 0 Å². The standard InChI is InChI=1S/C21H26N6O/c28-21(26-15-5-2-6-16-26)12-11-20-24-23-19-10-9-18(25-27(19)20)22-14-13-17-7-3-1-4-8-17/h1,3-4,7-10H,2,5-6,11-16H2,(H,22,25). The summed E-state index contributed by atoms with van der Waals surface area (Å²) in [6, 6.07) is 14.2. The third kappa shape index (κ3) is 4.47. The molecule has 1 saturated heterocycles. The van der Waals surface area contributed by atoms with Gasteiger partial charge < -0.3 is 10.2 Å². The van der Waals surface area contributed by atoms with E-state index in [1.165, 1.54) is 12.0 Å². The van der Waals surface area contributed by atoms with Crippen LogP contribution in [0.5, 0.6) is 0 Å². The maximum absolute atomic E-state index is 12.4. The fourth-order valence-electron chi connectivity index (χ4n) is 3.58. The van der Waals surface area contributed by atoms with Gasteiger partial charge in [0.25, 0.3) is 0 Å². The first-order chi connectivity index (χ1) is 13.8. The Balaban J connectivity index is 1.36. The predicted octanol–water partition coefficient (Wildman–Crippen LogP) is 2.72. The lowest BCUT2D eigenvalue weighted by molar-refractivity contribution is -0.132. The number of fused-ring (bicyclic) bond motifs is 1. The summed E-state index contributed by atoms with van der Waals surface area (Å²) in [7, 11) is 0. The number of rotatable bonds is 7. The molecule has 3 aromatic rings. The molecule has 0 bridgehead atoms. The largest absolute Gasteiger partial charge is 0.368 e. The lowest BCUT2D eigenvalue weighted by Gasteiger charge is -2.26. The predicted molar refractivity (Wildman–Crippen MR) is 108 cm³/mol. The highest BCUT2D eigenvalue weighted by Crippen LogP contribution is 2.13. The molecule has 7 heteroatoms. The number of benzene rings is 1. The SMILES string of the molecule is O=C(CCc1nnc2ccc(NCCc3ccccc3)nn12)N1CCCCC1. The zero-order valence-corrected chi connectivity index (χ0v) is 16.0. The molecule has 0 unspecified atom stereocenters. The van der Waals surface area contributed by atoms with Gasteiger partial charge in [0.15, 0.2) is 11.5 Å². The van der Waals surface area contributed by atoms with Crippen LogP contribution < -0.4 is 5.32 Å². The smallest absolute Gasteiger partial charge is 0.223 e. The average molecular weight is 378 g/mol. The van der Waals surface area contributed by atoms with Crippen molar-refractivity contribution in [3.05, 3.63) is 53.9 Å². The highest BCUT2D eigenvalue weighted by Gasteiger charge is 2.17. The van der Waals surface area contributed by atoms with Gasteiger partial charge in [0.05, 0.1) is 0 Å². The second kappa shape index (κ2) is 8.82. The molecule has 1 aliphatic heterocycles. The molecule has 2 aromatic heterocycles. The lowest BCUT2D eigenvalue weighted by Crippen LogP contribution is -2.35. The minimum absolute atomic E-state index is 0.202. The normalized spacial score (nSPS) is 14.4. The number of carbonyl (C=O) groups excluding carboxylic acids is 1. The number of carbonyl (C=O) groups is 1. The molecule has 28 heavy (non-hydrogen) atoms. The molecule has 4 rings (SSSR count). The van der Waals surface area contributed by atoms with Crippen LogP contribution >= 0.6 is 0 Å². The van der Waals surface area contributed by atoms with Crippen molar-refractivity contribution in [3.63, 3.8) is 0 Å². The number of aryl methyl sites for hydroxylation is 1. The van der Waals surface area contributed by atoms with Crippen LogP contribution in [0.2, 0.25) is 0 Å². The fourth-order valence-corrected chi connectivity index (χ4v) is 3.58. The van der Waals surface area contributed by atoms with Crippen LogP contribution in [0.1, 0.15) is 37.1 Å². The minimum atomic E-state index is 0.202. The van der Waals surface area contributed by atoms with E-state index in [4.69, 9.17) is 0 Å². The van der Waals surface area contributed by atoms with Crippen molar-refractivity contribution in [3.8, 4) is 0 Å². The van der Waals surface area contributed by atoms with Crippen molar-refractivity contribution in [1.29, 1.82) is 0 Å². The van der Waals surface area contributed by atoms with Gasteiger partial charge >= 0.3 is 0 Å². The van der Waals surface area contributed by atoms with E-state index in [0.717, 1.165) is 50.5 Å². The van der Waals surface area contributed by atoms with Crippen molar-refractivity contribution < 1.29 is 4.79 Å². The number of nitrogens with one attached hydrogen (secondary N) is 1. The number of amides is 1. The summed E-state index contributed by atoms with van der Waals surface area (Å²) in [5.41, 5.74) is 1.99. The summed E-state index contributed by atoms with van der Waals surface area (Å²) in [6.45, 7) is 2.56. The summed E-state index contributed by atoms with van der Waals surface area (Å²) in [4.78, 5) is 14.4. The van der Waals surface area contributed by atoms with Crippen LogP contribution in [-0.2, 0) is 17.6 Å².